The van der Waals surface area contributed by atoms with Crippen LogP contribution < -0.4 is 14.8 Å². The molecule has 0 heterocycles. The zero-order valence-corrected chi connectivity index (χ0v) is 13.4. The van der Waals surface area contributed by atoms with Crippen molar-refractivity contribution >= 4 is 6.03 Å². The third-order valence-electron chi connectivity index (χ3n) is 3.30. The minimum Gasteiger partial charge on any atom is -0.493 e. The number of unbranched alkanes of at least 4 members (excludes halogenated alkanes) is 1. The lowest BCUT2D eigenvalue weighted by Gasteiger charge is -2.22. The third-order valence-corrected chi connectivity index (χ3v) is 3.30. The molecule has 0 bridgehead atoms. The zero-order valence-electron chi connectivity index (χ0n) is 13.4. The molecule has 1 N–H and O–H groups in total. The van der Waals surface area contributed by atoms with Crippen molar-refractivity contribution in [3.8, 4) is 11.5 Å². The number of urea groups is 1. The van der Waals surface area contributed by atoms with E-state index in [1.54, 1.807) is 19.1 Å². The number of carbonyl (C=O) groups excluding carboxylic acids is 1. The van der Waals surface area contributed by atoms with Gasteiger partial charge in [0.1, 0.15) is 0 Å². The smallest absolute Gasteiger partial charge is 0.317 e. The Balaban J connectivity index is 2.70. The SMILES string of the molecule is CCCCNC(=O)N(CC)Cc1ccc(OC)c(OC)c1. The molecule has 0 unspecified atom stereocenters. The summed E-state index contributed by atoms with van der Waals surface area (Å²) in [6.07, 6.45) is 2.07. The Morgan fingerprint density at radius 3 is 2.48 bits per heavy atom. The molecule has 5 nitrogen and oxygen atoms in total. The van der Waals surface area contributed by atoms with Crippen LogP contribution in [0.2, 0.25) is 0 Å². The Labute approximate surface area is 127 Å². The Bertz CT molecular complexity index is 449. The summed E-state index contributed by atoms with van der Waals surface area (Å²) in [7, 11) is 3.22. The lowest BCUT2D eigenvalue weighted by Crippen LogP contribution is -2.39. The normalized spacial score (nSPS) is 10.1. The van der Waals surface area contributed by atoms with Crippen molar-refractivity contribution in [1.82, 2.24) is 10.2 Å². The van der Waals surface area contributed by atoms with E-state index < -0.39 is 0 Å². The van der Waals surface area contributed by atoms with Crippen LogP contribution in [0.5, 0.6) is 11.5 Å². The second kappa shape index (κ2) is 9.10. The van der Waals surface area contributed by atoms with Crippen LogP contribution in [0.3, 0.4) is 0 Å². The number of benzene rings is 1. The van der Waals surface area contributed by atoms with Crippen molar-refractivity contribution in [2.24, 2.45) is 0 Å². The number of rotatable bonds is 8. The number of hydrogen-bond acceptors (Lipinski definition) is 3. The van der Waals surface area contributed by atoms with E-state index >= 15 is 0 Å². The molecule has 118 valence electrons. The summed E-state index contributed by atoms with van der Waals surface area (Å²) < 4.78 is 10.5. The molecule has 5 heteroatoms. The fraction of sp³-hybridized carbons (Fsp3) is 0.562. The van der Waals surface area contributed by atoms with Crippen LogP contribution >= 0.6 is 0 Å². The standard InChI is InChI=1S/C16H26N2O3/c1-5-7-10-17-16(19)18(6-2)12-13-8-9-14(20-3)15(11-13)21-4/h8-9,11H,5-7,10,12H2,1-4H3,(H,17,19). The summed E-state index contributed by atoms with van der Waals surface area (Å²) >= 11 is 0. The largest absolute Gasteiger partial charge is 0.493 e. The minimum absolute atomic E-state index is 0.0271. The Hall–Kier alpha value is -1.91. The van der Waals surface area contributed by atoms with Crippen molar-refractivity contribution in [3.05, 3.63) is 23.8 Å². The average Bonchev–Trinajstić information content (AvgIpc) is 2.52. The number of methoxy groups -OCH3 is 2. The predicted octanol–water partition coefficient (Wildman–Crippen LogP) is 3.04. The molecule has 0 saturated carbocycles. The topological polar surface area (TPSA) is 50.8 Å². The molecule has 0 aliphatic rings. The van der Waals surface area contributed by atoms with E-state index in [0.717, 1.165) is 24.9 Å². The first-order valence-corrected chi connectivity index (χ1v) is 7.39. The summed E-state index contributed by atoms with van der Waals surface area (Å²) in [6.45, 7) is 6.01. The summed E-state index contributed by atoms with van der Waals surface area (Å²) in [5.41, 5.74) is 1.01. The number of nitrogens with zero attached hydrogens (tertiary/aromatic N) is 1. The molecule has 2 amide bonds. The van der Waals surface area contributed by atoms with Gasteiger partial charge in [0.25, 0.3) is 0 Å². The van der Waals surface area contributed by atoms with E-state index in [2.05, 4.69) is 12.2 Å². The fourth-order valence-corrected chi connectivity index (χ4v) is 2.01. The maximum atomic E-state index is 12.1. The molecule has 1 aromatic carbocycles. The van der Waals surface area contributed by atoms with Crippen LogP contribution in [0.1, 0.15) is 32.3 Å². The van der Waals surface area contributed by atoms with Gasteiger partial charge in [0.05, 0.1) is 14.2 Å². The first-order valence-electron chi connectivity index (χ1n) is 7.39. The van der Waals surface area contributed by atoms with Gasteiger partial charge in [-0.3, -0.25) is 0 Å². The molecule has 0 aliphatic heterocycles. The second-order valence-electron chi connectivity index (χ2n) is 4.79. The van der Waals surface area contributed by atoms with Crippen molar-refractivity contribution in [3.63, 3.8) is 0 Å². The van der Waals surface area contributed by atoms with Gasteiger partial charge in [-0.25, -0.2) is 4.79 Å². The van der Waals surface area contributed by atoms with Gasteiger partial charge in [-0.1, -0.05) is 19.4 Å². The van der Waals surface area contributed by atoms with Gasteiger partial charge < -0.3 is 19.7 Å². The second-order valence-corrected chi connectivity index (χ2v) is 4.79. The van der Waals surface area contributed by atoms with E-state index in [9.17, 15) is 4.79 Å². The molecule has 0 atom stereocenters. The number of ether oxygens (including phenoxy) is 2. The molecule has 0 spiro atoms. The summed E-state index contributed by atoms with van der Waals surface area (Å²) in [4.78, 5) is 13.9. The van der Waals surface area contributed by atoms with Gasteiger partial charge in [-0.05, 0) is 31.0 Å². The number of hydrogen-bond donors (Lipinski definition) is 1. The molecule has 1 aromatic rings. The van der Waals surface area contributed by atoms with Crippen molar-refractivity contribution in [2.45, 2.75) is 33.2 Å². The molecular weight excluding hydrogens is 268 g/mol. The molecule has 0 saturated heterocycles. The first kappa shape index (κ1) is 17.1. The third kappa shape index (κ3) is 5.17. The number of carbonyl (C=O) groups is 1. The fourth-order valence-electron chi connectivity index (χ4n) is 2.01. The van der Waals surface area contributed by atoms with E-state index in [-0.39, 0.29) is 6.03 Å². The maximum Gasteiger partial charge on any atom is 0.317 e. The summed E-state index contributed by atoms with van der Waals surface area (Å²) in [5, 5.41) is 2.94. The minimum atomic E-state index is -0.0271. The van der Waals surface area contributed by atoms with Crippen LogP contribution in [0.4, 0.5) is 4.79 Å². The molecule has 0 aromatic heterocycles. The van der Waals surface area contributed by atoms with E-state index in [4.69, 9.17) is 9.47 Å². The van der Waals surface area contributed by atoms with Crippen LogP contribution in [0.25, 0.3) is 0 Å². The van der Waals surface area contributed by atoms with E-state index in [0.29, 0.717) is 24.6 Å². The van der Waals surface area contributed by atoms with Gasteiger partial charge in [0.2, 0.25) is 0 Å². The predicted molar refractivity (Wildman–Crippen MR) is 83.9 cm³/mol. The monoisotopic (exact) mass is 294 g/mol. The average molecular weight is 294 g/mol. The highest BCUT2D eigenvalue weighted by atomic mass is 16.5. The van der Waals surface area contributed by atoms with Crippen molar-refractivity contribution in [1.29, 1.82) is 0 Å². The molecular formula is C16H26N2O3. The lowest BCUT2D eigenvalue weighted by molar-refractivity contribution is 0.198. The summed E-state index contributed by atoms with van der Waals surface area (Å²) in [5.74, 6) is 1.37. The van der Waals surface area contributed by atoms with E-state index in [1.807, 2.05) is 25.1 Å². The highest BCUT2D eigenvalue weighted by Crippen LogP contribution is 2.28. The molecule has 0 radical (unpaired) electrons. The molecule has 1 rings (SSSR count). The Morgan fingerprint density at radius 2 is 1.90 bits per heavy atom. The highest BCUT2D eigenvalue weighted by molar-refractivity contribution is 5.74. The zero-order chi connectivity index (χ0) is 15.7. The Morgan fingerprint density at radius 1 is 1.19 bits per heavy atom. The van der Waals surface area contributed by atoms with Gasteiger partial charge in [0.15, 0.2) is 11.5 Å². The van der Waals surface area contributed by atoms with Crippen LogP contribution in [0, 0.1) is 0 Å². The molecule has 21 heavy (non-hydrogen) atoms. The molecule has 0 fully saturated rings. The maximum absolute atomic E-state index is 12.1. The molecule has 0 aliphatic carbocycles. The van der Waals surface area contributed by atoms with Gasteiger partial charge in [-0.15, -0.1) is 0 Å². The van der Waals surface area contributed by atoms with E-state index in [1.165, 1.54) is 0 Å². The van der Waals surface area contributed by atoms with Crippen LogP contribution in [0.15, 0.2) is 18.2 Å². The van der Waals surface area contributed by atoms with Gasteiger partial charge in [-0.2, -0.15) is 0 Å². The number of nitrogens with one attached hydrogen (secondary N) is 1. The summed E-state index contributed by atoms with van der Waals surface area (Å²) in [6, 6.07) is 5.68. The van der Waals surface area contributed by atoms with Crippen LogP contribution in [-0.2, 0) is 6.54 Å². The van der Waals surface area contributed by atoms with Gasteiger partial charge >= 0.3 is 6.03 Å². The van der Waals surface area contributed by atoms with Crippen molar-refractivity contribution in [2.75, 3.05) is 27.3 Å². The van der Waals surface area contributed by atoms with Gasteiger partial charge in [0, 0.05) is 19.6 Å². The Kier molecular flexibility index (Phi) is 7.43. The van der Waals surface area contributed by atoms with Crippen molar-refractivity contribution < 1.29 is 14.3 Å². The quantitative estimate of drug-likeness (QED) is 0.750. The van der Waals surface area contributed by atoms with Crippen LogP contribution in [-0.4, -0.2) is 38.2 Å². The first-order chi connectivity index (χ1) is 10.2. The number of amides is 2. The highest BCUT2D eigenvalue weighted by Gasteiger charge is 2.13. The lowest BCUT2D eigenvalue weighted by atomic mass is 10.2.